The smallest absolute Gasteiger partial charge is 0.535 e. The standard InChI is InChI=1S/C21H15ClF4NO6S3.K/c1-13(27-36(32,33)21(24,25)26)14-6-9-16(10-7-14)34(28,29)19-11-8-15(22)12-20(19)35(30,31)18-5-3-2-4-17(18)23;/h2-13H,1H3;/q-1;+1/t13-;/m0./s1. The number of rotatable bonds is 7. The summed E-state index contributed by atoms with van der Waals surface area (Å²) in [5, 5.41) is -0.138. The van der Waals surface area contributed by atoms with Crippen LogP contribution >= 0.6 is 11.6 Å². The van der Waals surface area contributed by atoms with E-state index in [0.717, 1.165) is 61.5 Å². The second kappa shape index (κ2) is 11.7. The first-order valence-electron chi connectivity index (χ1n) is 9.66. The van der Waals surface area contributed by atoms with Crippen LogP contribution in [0.25, 0.3) is 4.72 Å². The van der Waals surface area contributed by atoms with Gasteiger partial charge >= 0.3 is 56.9 Å². The summed E-state index contributed by atoms with van der Waals surface area (Å²) in [7, 11) is -15.1. The third-order valence-corrected chi connectivity index (χ3v) is 10.1. The average molecular weight is 624 g/mol. The van der Waals surface area contributed by atoms with Crippen molar-refractivity contribution in [2.45, 2.75) is 38.1 Å². The largest absolute Gasteiger partial charge is 1.00 e. The van der Waals surface area contributed by atoms with Gasteiger partial charge in [0.05, 0.1) is 14.7 Å². The van der Waals surface area contributed by atoms with Crippen LogP contribution < -0.4 is 51.4 Å². The van der Waals surface area contributed by atoms with Crippen molar-refractivity contribution in [2.75, 3.05) is 0 Å². The van der Waals surface area contributed by atoms with Crippen LogP contribution in [0, 0.1) is 5.82 Å². The minimum atomic E-state index is -5.79. The molecular weight excluding hydrogens is 609 g/mol. The Bertz CT molecular complexity index is 1630. The maximum atomic E-state index is 14.3. The van der Waals surface area contributed by atoms with E-state index in [1.165, 1.54) is 12.1 Å². The van der Waals surface area contributed by atoms with E-state index in [2.05, 4.69) is 4.72 Å². The predicted molar refractivity (Wildman–Crippen MR) is 122 cm³/mol. The topological polar surface area (TPSA) is 117 Å². The molecule has 3 rings (SSSR count). The zero-order valence-electron chi connectivity index (χ0n) is 18.9. The summed E-state index contributed by atoms with van der Waals surface area (Å²) in [5.74, 6) is -1.11. The molecule has 1 atom stereocenters. The Morgan fingerprint density at radius 3 is 1.89 bits per heavy atom. The zero-order chi connectivity index (χ0) is 27.1. The van der Waals surface area contributed by atoms with E-state index in [1.54, 1.807) is 0 Å². The van der Waals surface area contributed by atoms with Gasteiger partial charge in [0.2, 0.25) is 19.7 Å². The number of benzene rings is 3. The summed E-state index contributed by atoms with van der Waals surface area (Å²) in [6, 6.07) is 9.70. The van der Waals surface area contributed by atoms with Crippen LogP contribution in [0.2, 0.25) is 5.02 Å². The first-order chi connectivity index (χ1) is 16.5. The molecule has 0 saturated heterocycles. The van der Waals surface area contributed by atoms with Crippen molar-refractivity contribution in [2.24, 2.45) is 0 Å². The molecule has 0 radical (unpaired) electrons. The fourth-order valence-electron chi connectivity index (χ4n) is 3.08. The van der Waals surface area contributed by atoms with Crippen molar-refractivity contribution >= 4 is 41.3 Å². The van der Waals surface area contributed by atoms with Crippen molar-refractivity contribution in [3.63, 3.8) is 0 Å². The van der Waals surface area contributed by atoms with Crippen LogP contribution in [0.5, 0.6) is 0 Å². The molecule has 0 heterocycles. The molecule has 3 aromatic carbocycles. The Kier molecular flexibility index (Phi) is 10.2. The number of nitrogens with zero attached hydrogens (tertiary/aromatic N) is 1. The molecule has 16 heteroatoms. The fourth-order valence-corrected chi connectivity index (χ4v) is 7.38. The quantitative estimate of drug-likeness (QED) is 0.295. The first kappa shape index (κ1) is 32.3. The maximum absolute atomic E-state index is 14.3. The third-order valence-electron chi connectivity index (χ3n) is 4.87. The second-order valence-corrected chi connectivity index (χ2v) is 13.2. The monoisotopic (exact) mass is 623 g/mol. The van der Waals surface area contributed by atoms with Crippen LogP contribution in [0.3, 0.4) is 0 Å². The van der Waals surface area contributed by atoms with Gasteiger partial charge in [-0.1, -0.05) is 48.4 Å². The van der Waals surface area contributed by atoms with E-state index in [1.807, 2.05) is 0 Å². The molecule has 0 fully saturated rings. The van der Waals surface area contributed by atoms with Gasteiger partial charge in [-0.3, -0.25) is 0 Å². The number of halogens is 5. The van der Waals surface area contributed by atoms with Crippen molar-refractivity contribution in [3.8, 4) is 0 Å². The molecule has 0 N–H and O–H groups in total. The molecule has 0 aliphatic rings. The SMILES string of the molecule is C[C@H]([N-]S(=O)(=O)C(F)(F)F)c1ccc(S(=O)(=O)c2ccc(Cl)cc2S(=O)(=O)c2ccccc2F)cc1.[K+]. The molecule has 0 saturated carbocycles. The normalized spacial score (nSPS) is 13.6. The van der Waals surface area contributed by atoms with Gasteiger partial charge in [0.1, 0.15) is 10.7 Å². The molecule has 0 aliphatic carbocycles. The van der Waals surface area contributed by atoms with Gasteiger partial charge in [0, 0.05) is 5.02 Å². The number of alkyl halides is 3. The van der Waals surface area contributed by atoms with Gasteiger partial charge in [0.15, 0.2) is 10.0 Å². The van der Waals surface area contributed by atoms with Gasteiger partial charge in [-0.2, -0.15) is 13.2 Å². The summed E-state index contributed by atoms with van der Waals surface area (Å²) < 4.78 is 130. The Balaban J connectivity index is 0.00000481. The van der Waals surface area contributed by atoms with Gasteiger partial charge in [-0.25, -0.2) is 29.6 Å². The zero-order valence-corrected chi connectivity index (χ0v) is 25.3. The number of sulfonamides is 1. The minimum absolute atomic E-state index is 0. The Morgan fingerprint density at radius 2 is 1.35 bits per heavy atom. The van der Waals surface area contributed by atoms with E-state index in [9.17, 15) is 42.8 Å². The van der Waals surface area contributed by atoms with Gasteiger partial charge in [0.25, 0.3) is 0 Å². The maximum Gasteiger partial charge on any atom is 1.00 e. The summed E-state index contributed by atoms with van der Waals surface area (Å²) in [4.78, 5) is -2.76. The van der Waals surface area contributed by atoms with Crippen molar-refractivity contribution in [3.05, 3.63) is 87.9 Å². The van der Waals surface area contributed by atoms with Crippen LogP contribution in [-0.4, -0.2) is 30.8 Å². The van der Waals surface area contributed by atoms with Gasteiger partial charge in [-0.15, -0.1) is 6.04 Å². The molecule has 37 heavy (non-hydrogen) atoms. The van der Waals surface area contributed by atoms with Gasteiger partial charge < -0.3 is 4.72 Å². The van der Waals surface area contributed by atoms with Crippen molar-refractivity contribution in [1.29, 1.82) is 0 Å². The number of hydrogen-bond donors (Lipinski definition) is 0. The number of sulfone groups is 2. The molecule has 0 aliphatic heterocycles. The minimum Gasteiger partial charge on any atom is -0.535 e. The molecule has 0 spiro atoms. The van der Waals surface area contributed by atoms with Crippen LogP contribution in [-0.2, 0) is 29.7 Å². The number of hydrogen-bond acceptors (Lipinski definition) is 6. The molecule has 0 amide bonds. The van der Waals surface area contributed by atoms with Crippen LogP contribution in [0.15, 0.2) is 86.3 Å². The van der Waals surface area contributed by atoms with Crippen molar-refractivity contribution < 1.29 is 94.2 Å². The predicted octanol–water partition coefficient (Wildman–Crippen LogP) is 2.43. The Hall–Kier alpha value is -0.884. The molecule has 3 aromatic rings. The molecule has 0 aromatic heterocycles. The fraction of sp³-hybridized carbons (Fsp3) is 0.143. The summed E-state index contributed by atoms with van der Waals surface area (Å²) >= 11 is 5.89. The molecule has 0 unspecified atom stereocenters. The summed E-state index contributed by atoms with van der Waals surface area (Å²) in [6.07, 6.45) is 0. The van der Waals surface area contributed by atoms with E-state index in [-0.39, 0.29) is 62.0 Å². The molecular formula is C21H15ClF4KNO6S3. The van der Waals surface area contributed by atoms with E-state index >= 15 is 0 Å². The van der Waals surface area contributed by atoms with E-state index in [0.29, 0.717) is 0 Å². The molecule has 7 nitrogen and oxygen atoms in total. The Labute approximate surface area is 258 Å². The third kappa shape index (κ3) is 6.83. The second-order valence-electron chi connectivity index (χ2n) is 7.30. The first-order valence-corrected chi connectivity index (χ1v) is 14.4. The molecule has 0 bridgehead atoms. The van der Waals surface area contributed by atoms with Gasteiger partial charge in [-0.05, 0) is 42.5 Å². The average Bonchev–Trinajstić information content (AvgIpc) is 2.78. The summed E-state index contributed by atoms with van der Waals surface area (Å²) in [5.41, 5.74) is -5.66. The summed E-state index contributed by atoms with van der Waals surface area (Å²) in [6.45, 7) is 1.06. The van der Waals surface area contributed by atoms with Crippen LogP contribution in [0.1, 0.15) is 18.5 Å². The van der Waals surface area contributed by atoms with Crippen LogP contribution in [0.4, 0.5) is 17.6 Å². The van der Waals surface area contributed by atoms with E-state index in [4.69, 9.17) is 11.6 Å². The molecule has 194 valence electrons. The van der Waals surface area contributed by atoms with E-state index < -0.39 is 66.6 Å². The van der Waals surface area contributed by atoms with Crippen molar-refractivity contribution in [1.82, 2.24) is 0 Å². The Morgan fingerprint density at radius 1 is 0.784 bits per heavy atom.